The summed E-state index contributed by atoms with van der Waals surface area (Å²) in [6.07, 6.45) is 4.47. The Labute approximate surface area is 133 Å². The van der Waals surface area contributed by atoms with Crippen molar-refractivity contribution in [3.05, 3.63) is 27.7 Å². The number of amides is 1. The summed E-state index contributed by atoms with van der Waals surface area (Å²) in [6, 6.07) is 3.28. The van der Waals surface area contributed by atoms with E-state index in [1.54, 1.807) is 12.1 Å². The summed E-state index contributed by atoms with van der Waals surface area (Å²) in [5.41, 5.74) is 6.44. The Morgan fingerprint density at radius 1 is 1.24 bits per heavy atom. The summed E-state index contributed by atoms with van der Waals surface area (Å²) in [7, 11) is 0. The second-order valence-electron chi connectivity index (χ2n) is 5.73. The molecule has 1 saturated heterocycles. The molecule has 3 unspecified atom stereocenters. The lowest BCUT2D eigenvalue weighted by atomic mass is 9.81. The van der Waals surface area contributed by atoms with Crippen LogP contribution in [-0.2, 0) is 4.74 Å². The van der Waals surface area contributed by atoms with Gasteiger partial charge in [0.2, 0.25) is 0 Å². The highest BCUT2D eigenvalue weighted by atomic mass is 35.5. The number of carbonyl (C=O) groups excluding carboxylic acids is 1. The van der Waals surface area contributed by atoms with Crippen molar-refractivity contribution >= 4 is 34.8 Å². The number of ether oxygens (including phenoxy) is 1. The van der Waals surface area contributed by atoms with Gasteiger partial charge >= 0.3 is 0 Å². The standard InChI is InChI=1S/C15H18Cl2N2O2/c16-10-6-8(7-11(17)14(10)18)15(20)19-12-2-1-3-13-9(12)4-5-21-13/h6-7,9,12-13H,1-5,18H2,(H,19,20). The van der Waals surface area contributed by atoms with Crippen LogP contribution in [0.4, 0.5) is 5.69 Å². The van der Waals surface area contributed by atoms with Gasteiger partial charge < -0.3 is 15.8 Å². The molecule has 1 amide bonds. The van der Waals surface area contributed by atoms with Gasteiger partial charge in [-0.15, -0.1) is 0 Å². The fraction of sp³-hybridized carbons (Fsp3) is 0.533. The van der Waals surface area contributed by atoms with Crippen molar-refractivity contribution < 1.29 is 9.53 Å². The number of nitrogen functional groups attached to an aromatic ring is 1. The summed E-state index contributed by atoms with van der Waals surface area (Å²) in [6.45, 7) is 0.793. The first-order valence-corrected chi connectivity index (χ1v) is 7.99. The van der Waals surface area contributed by atoms with Crippen molar-refractivity contribution in [2.45, 2.75) is 37.8 Å². The molecule has 0 radical (unpaired) electrons. The molecule has 3 atom stereocenters. The van der Waals surface area contributed by atoms with Crippen LogP contribution in [0.25, 0.3) is 0 Å². The van der Waals surface area contributed by atoms with Crippen LogP contribution in [0.5, 0.6) is 0 Å². The van der Waals surface area contributed by atoms with Crippen LogP contribution in [0.3, 0.4) is 0 Å². The first-order chi connectivity index (χ1) is 10.1. The van der Waals surface area contributed by atoms with Crippen LogP contribution in [0, 0.1) is 5.92 Å². The summed E-state index contributed by atoms with van der Waals surface area (Å²) in [5.74, 6) is 0.263. The molecular weight excluding hydrogens is 311 g/mol. The first kappa shape index (κ1) is 14.9. The molecule has 1 aromatic carbocycles. The summed E-state index contributed by atoms with van der Waals surface area (Å²) in [4.78, 5) is 12.4. The molecular formula is C15H18Cl2N2O2. The smallest absolute Gasteiger partial charge is 0.251 e. The van der Waals surface area contributed by atoms with Crippen molar-refractivity contribution in [3.8, 4) is 0 Å². The Balaban J connectivity index is 1.74. The predicted molar refractivity (Wildman–Crippen MR) is 83.8 cm³/mol. The average molecular weight is 329 g/mol. The average Bonchev–Trinajstić information content (AvgIpc) is 2.93. The van der Waals surface area contributed by atoms with E-state index in [0.29, 0.717) is 33.3 Å². The largest absolute Gasteiger partial charge is 0.396 e. The highest BCUT2D eigenvalue weighted by Gasteiger charge is 2.38. The molecule has 1 aliphatic heterocycles. The van der Waals surface area contributed by atoms with Gasteiger partial charge in [0.15, 0.2) is 0 Å². The maximum atomic E-state index is 12.4. The molecule has 3 N–H and O–H groups in total. The summed E-state index contributed by atoms with van der Waals surface area (Å²) in [5, 5.41) is 3.71. The van der Waals surface area contributed by atoms with Gasteiger partial charge in [-0.25, -0.2) is 0 Å². The highest BCUT2D eigenvalue weighted by Crippen LogP contribution is 2.35. The summed E-state index contributed by atoms with van der Waals surface area (Å²) < 4.78 is 5.72. The molecule has 3 rings (SSSR count). The Bertz CT molecular complexity index is 542. The molecule has 2 fully saturated rings. The lowest BCUT2D eigenvalue weighted by molar-refractivity contribution is 0.0510. The molecule has 1 aromatic rings. The summed E-state index contributed by atoms with van der Waals surface area (Å²) >= 11 is 12.0. The Morgan fingerprint density at radius 3 is 2.67 bits per heavy atom. The highest BCUT2D eigenvalue weighted by molar-refractivity contribution is 6.39. The monoisotopic (exact) mass is 328 g/mol. The van der Waals surface area contributed by atoms with Crippen molar-refractivity contribution in [2.75, 3.05) is 12.3 Å². The van der Waals surface area contributed by atoms with Crippen LogP contribution < -0.4 is 11.1 Å². The topological polar surface area (TPSA) is 64.4 Å². The second-order valence-corrected chi connectivity index (χ2v) is 6.54. The van der Waals surface area contributed by atoms with E-state index in [-0.39, 0.29) is 11.9 Å². The lowest BCUT2D eigenvalue weighted by Gasteiger charge is -2.33. The van der Waals surface area contributed by atoms with E-state index in [4.69, 9.17) is 33.7 Å². The van der Waals surface area contributed by atoms with Gasteiger partial charge in [0.1, 0.15) is 0 Å². The van der Waals surface area contributed by atoms with Crippen LogP contribution in [0.1, 0.15) is 36.0 Å². The first-order valence-electron chi connectivity index (χ1n) is 7.23. The molecule has 2 aliphatic rings. The third kappa shape index (κ3) is 2.98. The van der Waals surface area contributed by atoms with Gasteiger partial charge in [0, 0.05) is 24.1 Å². The maximum absolute atomic E-state index is 12.4. The number of fused-ring (bicyclic) bond motifs is 1. The van der Waals surface area contributed by atoms with Crippen LogP contribution in [0.15, 0.2) is 12.1 Å². The van der Waals surface area contributed by atoms with E-state index < -0.39 is 0 Å². The Hall–Kier alpha value is -0.970. The number of benzene rings is 1. The molecule has 1 saturated carbocycles. The molecule has 114 valence electrons. The number of nitrogens with two attached hydrogens (primary N) is 1. The predicted octanol–water partition coefficient (Wildman–Crippen LogP) is 3.26. The Morgan fingerprint density at radius 2 is 1.95 bits per heavy atom. The fourth-order valence-corrected chi connectivity index (χ4v) is 3.81. The van der Waals surface area contributed by atoms with Gasteiger partial charge in [0.05, 0.1) is 21.8 Å². The third-order valence-electron chi connectivity index (χ3n) is 4.44. The number of hydrogen-bond acceptors (Lipinski definition) is 3. The molecule has 1 aliphatic carbocycles. The van der Waals surface area contributed by atoms with Gasteiger partial charge in [-0.1, -0.05) is 23.2 Å². The van der Waals surface area contributed by atoms with E-state index in [1.165, 1.54) is 0 Å². The number of nitrogens with one attached hydrogen (secondary N) is 1. The van der Waals surface area contributed by atoms with Gasteiger partial charge in [-0.3, -0.25) is 4.79 Å². The molecule has 21 heavy (non-hydrogen) atoms. The molecule has 0 spiro atoms. The molecule has 0 aromatic heterocycles. The van der Waals surface area contributed by atoms with Crippen LogP contribution >= 0.6 is 23.2 Å². The van der Waals surface area contributed by atoms with Crippen molar-refractivity contribution in [2.24, 2.45) is 5.92 Å². The zero-order valence-corrected chi connectivity index (χ0v) is 13.1. The lowest BCUT2D eigenvalue weighted by Crippen LogP contribution is -2.45. The van der Waals surface area contributed by atoms with E-state index in [0.717, 1.165) is 32.3 Å². The van der Waals surface area contributed by atoms with Crippen LogP contribution in [0.2, 0.25) is 10.0 Å². The number of halogens is 2. The Kier molecular flexibility index (Phi) is 4.29. The zero-order valence-electron chi connectivity index (χ0n) is 11.6. The van der Waals surface area contributed by atoms with Crippen molar-refractivity contribution in [1.82, 2.24) is 5.32 Å². The minimum Gasteiger partial charge on any atom is -0.396 e. The fourth-order valence-electron chi connectivity index (χ4n) is 3.32. The third-order valence-corrected chi connectivity index (χ3v) is 5.06. The van der Waals surface area contributed by atoms with Gasteiger partial charge in [0.25, 0.3) is 5.91 Å². The van der Waals surface area contributed by atoms with Crippen molar-refractivity contribution in [1.29, 1.82) is 0 Å². The van der Waals surface area contributed by atoms with E-state index in [1.807, 2.05) is 0 Å². The second kappa shape index (κ2) is 6.03. The minimum absolute atomic E-state index is 0.156. The SMILES string of the molecule is Nc1c(Cl)cc(C(=O)NC2CCCC3OCCC23)cc1Cl. The maximum Gasteiger partial charge on any atom is 0.251 e. The molecule has 4 nitrogen and oxygen atoms in total. The number of rotatable bonds is 2. The van der Waals surface area contributed by atoms with E-state index >= 15 is 0 Å². The normalized spacial score (nSPS) is 28.2. The van der Waals surface area contributed by atoms with Crippen LogP contribution in [-0.4, -0.2) is 24.7 Å². The van der Waals surface area contributed by atoms with E-state index in [2.05, 4.69) is 5.32 Å². The van der Waals surface area contributed by atoms with Gasteiger partial charge in [-0.2, -0.15) is 0 Å². The number of anilines is 1. The van der Waals surface area contributed by atoms with Gasteiger partial charge in [-0.05, 0) is 37.8 Å². The number of carbonyl (C=O) groups is 1. The molecule has 1 heterocycles. The zero-order chi connectivity index (χ0) is 15.0. The van der Waals surface area contributed by atoms with Crippen molar-refractivity contribution in [3.63, 3.8) is 0 Å². The molecule has 0 bridgehead atoms. The molecule has 6 heteroatoms. The van der Waals surface area contributed by atoms with E-state index in [9.17, 15) is 4.79 Å². The minimum atomic E-state index is -0.156. The quantitative estimate of drug-likeness (QED) is 0.819. The number of hydrogen-bond donors (Lipinski definition) is 2.